The van der Waals surface area contributed by atoms with Gasteiger partial charge in [0, 0.05) is 17.1 Å². The van der Waals surface area contributed by atoms with Crippen LogP contribution in [0.1, 0.15) is 19.4 Å². The summed E-state index contributed by atoms with van der Waals surface area (Å²) in [4.78, 5) is 0. The van der Waals surface area contributed by atoms with Gasteiger partial charge in [0.25, 0.3) is 0 Å². The van der Waals surface area contributed by atoms with Crippen LogP contribution in [-0.4, -0.2) is 6.10 Å². The van der Waals surface area contributed by atoms with Crippen LogP contribution in [0.3, 0.4) is 0 Å². The number of halogens is 3. The smallest absolute Gasteiger partial charge is 0.123 e. The van der Waals surface area contributed by atoms with E-state index >= 15 is 0 Å². The normalized spacial score (nSPS) is 10.4. The highest BCUT2D eigenvalue weighted by molar-refractivity contribution is 6.33. The summed E-state index contributed by atoms with van der Waals surface area (Å²) < 4.78 is 19.1. The molecule has 0 saturated carbocycles. The van der Waals surface area contributed by atoms with E-state index in [-0.39, 0.29) is 24.3 Å². The highest BCUT2D eigenvalue weighted by atomic mass is 35.5. The fraction of sp³-hybridized carbons (Fsp3) is 0.250. The van der Waals surface area contributed by atoms with Gasteiger partial charge in [0.2, 0.25) is 0 Å². The van der Waals surface area contributed by atoms with E-state index < -0.39 is 0 Å². The Kier molecular flexibility index (Phi) is 6.46. The first-order valence-corrected chi connectivity index (χ1v) is 6.84. The van der Waals surface area contributed by atoms with E-state index in [1.807, 2.05) is 32.0 Å². The summed E-state index contributed by atoms with van der Waals surface area (Å²) >= 11 is 6.17. The molecule has 2 rings (SSSR count). The molecule has 0 aliphatic heterocycles. The zero-order chi connectivity index (χ0) is 14.7. The summed E-state index contributed by atoms with van der Waals surface area (Å²) in [5.74, 6) is 0.384. The van der Waals surface area contributed by atoms with Gasteiger partial charge in [0.1, 0.15) is 11.6 Å². The lowest BCUT2D eigenvalue weighted by molar-refractivity contribution is 0.242. The van der Waals surface area contributed by atoms with Crippen LogP contribution in [0, 0.1) is 5.82 Å². The van der Waals surface area contributed by atoms with Gasteiger partial charge < -0.3 is 10.5 Å². The van der Waals surface area contributed by atoms with Crippen molar-refractivity contribution in [2.24, 2.45) is 5.73 Å². The lowest BCUT2D eigenvalue weighted by Crippen LogP contribution is -2.06. The second-order valence-corrected chi connectivity index (χ2v) is 5.22. The molecule has 5 heteroatoms. The molecule has 2 aromatic rings. The Morgan fingerprint density at radius 3 is 2.48 bits per heavy atom. The Balaban J connectivity index is 0.00000220. The highest BCUT2D eigenvalue weighted by Crippen LogP contribution is 2.33. The number of hydrogen-bond acceptors (Lipinski definition) is 2. The Labute approximate surface area is 135 Å². The number of rotatable bonds is 4. The molecule has 0 radical (unpaired) electrons. The second-order valence-electron chi connectivity index (χ2n) is 4.81. The van der Waals surface area contributed by atoms with Gasteiger partial charge in [-0.1, -0.05) is 17.7 Å². The van der Waals surface area contributed by atoms with Gasteiger partial charge in [0.05, 0.1) is 6.10 Å². The maximum absolute atomic E-state index is 13.5. The molecule has 0 amide bonds. The maximum Gasteiger partial charge on any atom is 0.123 e. The van der Waals surface area contributed by atoms with Crippen molar-refractivity contribution in [3.05, 3.63) is 52.8 Å². The molecule has 0 aliphatic carbocycles. The van der Waals surface area contributed by atoms with Crippen molar-refractivity contribution >= 4 is 24.0 Å². The van der Waals surface area contributed by atoms with Crippen molar-refractivity contribution in [2.45, 2.75) is 26.5 Å². The van der Waals surface area contributed by atoms with Crippen molar-refractivity contribution in [1.82, 2.24) is 0 Å². The zero-order valence-electron chi connectivity index (χ0n) is 11.9. The predicted octanol–water partition coefficient (Wildman–Crippen LogP) is 4.81. The van der Waals surface area contributed by atoms with Gasteiger partial charge >= 0.3 is 0 Å². The molecule has 0 fully saturated rings. The summed E-state index contributed by atoms with van der Waals surface area (Å²) in [6, 6.07) is 9.89. The van der Waals surface area contributed by atoms with Gasteiger partial charge in [-0.2, -0.15) is 0 Å². The van der Waals surface area contributed by atoms with E-state index in [0.717, 1.165) is 11.1 Å². The van der Waals surface area contributed by atoms with E-state index in [2.05, 4.69) is 0 Å². The molecule has 0 aliphatic rings. The van der Waals surface area contributed by atoms with Crippen LogP contribution < -0.4 is 10.5 Å². The van der Waals surface area contributed by atoms with E-state index in [1.54, 1.807) is 6.07 Å². The molecule has 0 bridgehead atoms. The van der Waals surface area contributed by atoms with Crippen molar-refractivity contribution in [3.63, 3.8) is 0 Å². The average molecular weight is 330 g/mol. The summed E-state index contributed by atoms with van der Waals surface area (Å²) in [6.45, 7) is 4.25. The van der Waals surface area contributed by atoms with E-state index in [4.69, 9.17) is 22.1 Å². The summed E-state index contributed by atoms with van der Waals surface area (Å²) in [5.41, 5.74) is 8.07. The third-order valence-corrected chi connectivity index (χ3v) is 3.22. The van der Waals surface area contributed by atoms with Crippen LogP contribution in [0.5, 0.6) is 5.75 Å². The van der Waals surface area contributed by atoms with Crippen molar-refractivity contribution in [2.75, 3.05) is 0 Å². The summed E-state index contributed by atoms with van der Waals surface area (Å²) in [7, 11) is 0. The first kappa shape index (κ1) is 17.8. The monoisotopic (exact) mass is 329 g/mol. The summed E-state index contributed by atoms with van der Waals surface area (Å²) in [6.07, 6.45) is 0.0644. The van der Waals surface area contributed by atoms with Crippen LogP contribution in [-0.2, 0) is 6.54 Å². The molecule has 2 N–H and O–H groups in total. The predicted molar refractivity (Wildman–Crippen MR) is 87.7 cm³/mol. The molecule has 2 nitrogen and oxygen atoms in total. The standard InChI is InChI=1S/C16H17ClFNO.ClH/c1-10(2)20-13-5-3-11(9-19)14(8-13)15-7-12(18)4-6-16(15)17;/h3-8,10H,9,19H2,1-2H3;1H. The number of benzene rings is 2. The zero-order valence-corrected chi connectivity index (χ0v) is 13.5. The molecule has 2 aromatic carbocycles. The minimum absolute atomic E-state index is 0. The molecule has 21 heavy (non-hydrogen) atoms. The minimum atomic E-state index is -0.331. The average Bonchev–Trinajstić information content (AvgIpc) is 2.41. The van der Waals surface area contributed by atoms with Gasteiger partial charge in [-0.05, 0) is 55.3 Å². The quantitative estimate of drug-likeness (QED) is 0.873. The van der Waals surface area contributed by atoms with Crippen LogP contribution in [0.4, 0.5) is 4.39 Å². The highest BCUT2D eigenvalue weighted by Gasteiger charge is 2.11. The van der Waals surface area contributed by atoms with E-state index in [1.165, 1.54) is 12.1 Å². The Morgan fingerprint density at radius 1 is 1.14 bits per heavy atom. The number of hydrogen-bond donors (Lipinski definition) is 1. The van der Waals surface area contributed by atoms with Gasteiger partial charge in [0.15, 0.2) is 0 Å². The van der Waals surface area contributed by atoms with E-state index in [9.17, 15) is 4.39 Å². The van der Waals surface area contributed by atoms with Crippen LogP contribution >= 0.6 is 24.0 Å². The number of nitrogens with two attached hydrogens (primary N) is 1. The fourth-order valence-corrected chi connectivity index (χ4v) is 2.25. The molecule has 0 heterocycles. The summed E-state index contributed by atoms with van der Waals surface area (Å²) in [5, 5.41) is 0.489. The van der Waals surface area contributed by atoms with Crippen molar-refractivity contribution < 1.29 is 9.13 Å². The van der Waals surface area contributed by atoms with Gasteiger partial charge in [-0.3, -0.25) is 0 Å². The minimum Gasteiger partial charge on any atom is -0.491 e. The van der Waals surface area contributed by atoms with Crippen LogP contribution in [0.2, 0.25) is 5.02 Å². The van der Waals surface area contributed by atoms with Gasteiger partial charge in [-0.15, -0.1) is 12.4 Å². The molecule has 114 valence electrons. The molecule has 0 unspecified atom stereocenters. The lowest BCUT2D eigenvalue weighted by Gasteiger charge is -2.15. The molecule has 0 spiro atoms. The lowest BCUT2D eigenvalue weighted by atomic mass is 9.99. The van der Waals surface area contributed by atoms with Crippen molar-refractivity contribution in [1.29, 1.82) is 0 Å². The second kappa shape index (κ2) is 7.64. The third kappa shape index (κ3) is 4.34. The molecule has 0 aromatic heterocycles. The topological polar surface area (TPSA) is 35.2 Å². The largest absolute Gasteiger partial charge is 0.491 e. The van der Waals surface area contributed by atoms with Crippen LogP contribution in [0.25, 0.3) is 11.1 Å². The number of ether oxygens (including phenoxy) is 1. The first-order chi connectivity index (χ1) is 9.51. The fourth-order valence-electron chi connectivity index (χ4n) is 2.03. The molecule has 0 atom stereocenters. The third-order valence-electron chi connectivity index (χ3n) is 2.89. The maximum atomic E-state index is 13.5. The Bertz CT molecular complexity index is 617. The van der Waals surface area contributed by atoms with Crippen LogP contribution in [0.15, 0.2) is 36.4 Å². The molecule has 0 saturated heterocycles. The first-order valence-electron chi connectivity index (χ1n) is 6.46. The Hall–Kier alpha value is -1.29. The van der Waals surface area contributed by atoms with Crippen molar-refractivity contribution in [3.8, 4) is 16.9 Å². The van der Waals surface area contributed by atoms with Gasteiger partial charge in [-0.25, -0.2) is 4.39 Å². The SMILES string of the molecule is CC(C)Oc1ccc(CN)c(-c2cc(F)ccc2Cl)c1.Cl. The molecular formula is C16H18Cl2FNO. The van der Waals surface area contributed by atoms with E-state index in [0.29, 0.717) is 22.9 Å². The molecular weight excluding hydrogens is 312 g/mol. The Morgan fingerprint density at radius 2 is 1.86 bits per heavy atom.